The molecule has 0 spiro atoms. The number of carbonyl (C=O) groups is 2. The molecule has 0 radical (unpaired) electrons. The van der Waals surface area contributed by atoms with Gasteiger partial charge in [0, 0.05) is 45.7 Å². The summed E-state index contributed by atoms with van der Waals surface area (Å²) in [5, 5.41) is 12.7. The van der Waals surface area contributed by atoms with Gasteiger partial charge in [0.25, 0.3) is 0 Å². The number of aromatic nitrogens is 2. The molecule has 0 unspecified atom stereocenters. The first-order valence-corrected chi connectivity index (χ1v) is 11.3. The number of anilines is 2. The monoisotopic (exact) mass is 428 g/mol. The number of nitrogens with zero attached hydrogens (tertiary/aromatic N) is 5. The number of amides is 2. The Morgan fingerprint density at radius 3 is 2.67 bits per heavy atom. The molecule has 1 aromatic carbocycles. The lowest BCUT2D eigenvalue weighted by atomic mass is 10.0. The highest BCUT2D eigenvalue weighted by molar-refractivity contribution is 7.19. The van der Waals surface area contributed by atoms with Crippen molar-refractivity contribution in [2.24, 2.45) is 0 Å². The van der Waals surface area contributed by atoms with Gasteiger partial charge in [-0.2, -0.15) is 0 Å². The van der Waals surface area contributed by atoms with Crippen molar-refractivity contribution >= 4 is 33.4 Å². The highest BCUT2D eigenvalue weighted by atomic mass is 32.1. The molecule has 2 saturated heterocycles. The maximum atomic E-state index is 12.5. The maximum Gasteiger partial charge on any atom is 0.239 e. The summed E-state index contributed by atoms with van der Waals surface area (Å²) in [6.45, 7) is 3.86. The van der Waals surface area contributed by atoms with Gasteiger partial charge in [-0.05, 0) is 24.8 Å². The molecular weight excluding hydrogens is 400 g/mol. The molecule has 3 heterocycles. The Bertz CT molecular complexity index is 865. The second kappa shape index (κ2) is 9.53. The number of rotatable bonds is 7. The summed E-state index contributed by atoms with van der Waals surface area (Å²) in [7, 11) is 1.83. The fraction of sp³-hybridized carbons (Fsp3) is 0.524. The van der Waals surface area contributed by atoms with Gasteiger partial charge in [0.1, 0.15) is 0 Å². The van der Waals surface area contributed by atoms with E-state index in [-0.39, 0.29) is 24.4 Å². The van der Waals surface area contributed by atoms with Crippen molar-refractivity contribution in [3.63, 3.8) is 0 Å². The Morgan fingerprint density at radius 2 is 1.97 bits per heavy atom. The molecule has 8 nitrogen and oxygen atoms in total. The van der Waals surface area contributed by atoms with E-state index < -0.39 is 0 Å². The van der Waals surface area contributed by atoms with Gasteiger partial charge in [0.15, 0.2) is 0 Å². The molecule has 2 aliphatic rings. The van der Waals surface area contributed by atoms with E-state index in [4.69, 9.17) is 0 Å². The number of carbonyl (C=O) groups excluding carboxylic acids is 2. The molecule has 2 aromatic rings. The third-order valence-electron chi connectivity index (χ3n) is 5.62. The Labute approximate surface area is 180 Å². The number of likely N-dealkylation sites (tertiary alicyclic amines) is 1. The van der Waals surface area contributed by atoms with Crippen LogP contribution in [0.5, 0.6) is 0 Å². The Morgan fingerprint density at radius 1 is 1.20 bits per heavy atom. The van der Waals surface area contributed by atoms with E-state index in [0.29, 0.717) is 23.2 Å². The molecule has 4 rings (SSSR count). The van der Waals surface area contributed by atoms with Crippen LogP contribution >= 0.6 is 11.3 Å². The van der Waals surface area contributed by atoms with E-state index in [2.05, 4.69) is 44.7 Å². The first kappa shape index (κ1) is 20.7. The lowest BCUT2D eigenvalue weighted by molar-refractivity contribution is -0.120. The van der Waals surface area contributed by atoms with Crippen LogP contribution in [0.15, 0.2) is 30.3 Å². The molecule has 2 aliphatic heterocycles. The topological polar surface area (TPSA) is 81.7 Å². The van der Waals surface area contributed by atoms with Crippen molar-refractivity contribution in [2.75, 3.05) is 43.0 Å². The van der Waals surface area contributed by atoms with Crippen LogP contribution in [0.2, 0.25) is 0 Å². The van der Waals surface area contributed by atoms with Crippen LogP contribution < -0.4 is 15.1 Å². The van der Waals surface area contributed by atoms with E-state index in [9.17, 15) is 9.59 Å². The molecule has 0 bridgehead atoms. The van der Waals surface area contributed by atoms with Gasteiger partial charge < -0.3 is 10.2 Å². The van der Waals surface area contributed by atoms with Gasteiger partial charge in [0.2, 0.25) is 22.1 Å². The van der Waals surface area contributed by atoms with E-state index in [0.717, 1.165) is 38.9 Å². The maximum absolute atomic E-state index is 12.5. The third-order valence-corrected chi connectivity index (χ3v) is 6.68. The average molecular weight is 429 g/mol. The van der Waals surface area contributed by atoms with E-state index in [1.54, 1.807) is 9.80 Å². The SMILES string of the molecule is CN(CC(=O)NC1CCN(Cc2ccccc2)CC1)c1nnc(N2CCCC2=O)s1. The molecule has 0 aliphatic carbocycles. The number of piperidine rings is 1. The highest BCUT2D eigenvalue weighted by Crippen LogP contribution is 2.29. The summed E-state index contributed by atoms with van der Waals surface area (Å²) < 4.78 is 0. The van der Waals surface area contributed by atoms with Crippen LogP contribution in [0, 0.1) is 0 Å². The van der Waals surface area contributed by atoms with Gasteiger partial charge in [-0.25, -0.2) is 0 Å². The van der Waals surface area contributed by atoms with Crippen molar-refractivity contribution in [1.82, 2.24) is 20.4 Å². The minimum Gasteiger partial charge on any atom is -0.352 e. The molecule has 160 valence electrons. The number of nitrogens with one attached hydrogen (secondary N) is 1. The van der Waals surface area contributed by atoms with Crippen LogP contribution in [0.25, 0.3) is 0 Å². The Kier molecular flexibility index (Phi) is 6.59. The predicted molar refractivity (Wildman–Crippen MR) is 118 cm³/mol. The third kappa shape index (κ3) is 5.14. The van der Waals surface area contributed by atoms with Gasteiger partial charge in [-0.15, -0.1) is 10.2 Å². The molecule has 2 amide bonds. The standard InChI is InChI=1S/C21H28N6O2S/c1-25(20-23-24-21(30-20)27-11-5-8-19(27)29)15-18(28)22-17-9-12-26(13-10-17)14-16-6-3-2-4-7-16/h2-4,6-7,17H,5,8-15H2,1H3,(H,22,28). The first-order chi connectivity index (χ1) is 14.6. The van der Waals surface area contributed by atoms with Gasteiger partial charge in [-0.3, -0.25) is 19.4 Å². The first-order valence-electron chi connectivity index (χ1n) is 10.5. The second-order valence-electron chi connectivity index (χ2n) is 7.98. The zero-order chi connectivity index (χ0) is 20.9. The number of benzene rings is 1. The van der Waals surface area contributed by atoms with Crippen LogP contribution in [-0.2, 0) is 16.1 Å². The Balaban J connectivity index is 1.21. The molecule has 0 saturated carbocycles. The van der Waals surface area contributed by atoms with E-state index in [1.807, 2.05) is 13.1 Å². The lowest BCUT2D eigenvalue weighted by Gasteiger charge is -2.32. The molecule has 1 aromatic heterocycles. The molecule has 1 N–H and O–H groups in total. The zero-order valence-electron chi connectivity index (χ0n) is 17.3. The van der Waals surface area contributed by atoms with Crippen LogP contribution in [-0.4, -0.2) is 66.2 Å². The zero-order valence-corrected chi connectivity index (χ0v) is 18.1. The summed E-state index contributed by atoms with van der Waals surface area (Å²) in [4.78, 5) is 30.3. The number of hydrogen-bond acceptors (Lipinski definition) is 7. The smallest absolute Gasteiger partial charge is 0.239 e. The van der Waals surface area contributed by atoms with Crippen LogP contribution in [0.3, 0.4) is 0 Å². The van der Waals surface area contributed by atoms with E-state index >= 15 is 0 Å². The second-order valence-corrected chi connectivity index (χ2v) is 8.91. The van der Waals surface area contributed by atoms with Gasteiger partial charge >= 0.3 is 0 Å². The molecule has 0 atom stereocenters. The van der Waals surface area contributed by atoms with Crippen molar-refractivity contribution in [1.29, 1.82) is 0 Å². The fourth-order valence-electron chi connectivity index (χ4n) is 3.96. The number of hydrogen-bond donors (Lipinski definition) is 1. The van der Waals surface area contributed by atoms with Gasteiger partial charge in [0.05, 0.1) is 6.54 Å². The summed E-state index contributed by atoms with van der Waals surface area (Å²) in [6, 6.07) is 10.7. The van der Waals surface area contributed by atoms with Crippen molar-refractivity contribution in [3.05, 3.63) is 35.9 Å². The quantitative estimate of drug-likeness (QED) is 0.725. The van der Waals surface area contributed by atoms with Crippen molar-refractivity contribution in [2.45, 2.75) is 38.3 Å². The molecular formula is C21H28N6O2S. The summed E-state index contributed by atoms with van der Waals surface area (Å²) in [5.74, 6) is 0.0877. The summed E-state index contributed by atoms with van der Waals surface area (Å²) in [5.41, 5.74) is 1.33. The normalized spacial score (nSPS) is 18.0. The fourth-order valence-corrected chi connectivity index (χ4v) is 4.81. The van der Waals surface area contributed by atoms with Crippen molar-refractivity contribution in [3.8, 4) is 0 Å². The lowest BCUT2D eigenvalue weighted by Crippen LogP contribution is -2.46. The van der Waals surface area contributed by atoms with Crippen molar-refractivity contribution < 1.29 is 9.59 Å². The Hall–Kier alpha value is -2.52. The van der Waals surface area contributed by atoms with E-state index in [1.165, 1.54) is 16.9 Å². The largest absolute Gasteiger partial charge is 0.352 e. The average Bonchev–Trinajstić information content (AvgIpc) is 3.39. The number of likely N-dealkylation sites (N-methyl/N-ethyl adjacent to an activating group) is 1. The van der Waals surface area contributed by atoms with Crippen LogP contribution in [0.4, 0.5) is 10.3 Å². The van der Waals surface area contributed by atoms with Gasteiger partial charge in [-0.1, -0.05) is 41.7 Å². The molecule has 2 fully saturated rings. The highest BCUT2D eigenvalue weighted by Gasteiger charge is 2.26. The molecule has 9 heteroatoms. The predicted octanol–water partition coefficient (Wildman–Crippen LogP) is 1.88. The summed E-state index contributed by atoms with van der Waals surface area (Å²) in [6.07, 6.45) is 3.35. The summed E-state index contributed by atoms with van der Waals surface area (Å²) >= 11 is 1.35. The minimum absolute atomic E-state index is 0.00647. The molecule has 30 heavy (non-hydrogen) atoms. The minimum atomic E-state index is -0.00647. The van der Waals surface area contributed by atoms with Crippen LogP contribution in [0.1, 0.15) is 31.2 Å².